The molecule has 0 spiro atoms. The molecule has 1 N–H and O–H groups in total. The Morgan fingerprint density at radius 3 is 1.96 bits per heavy atom. The van der Waals surface area contributed by atoms with Crippen molar-refractivity contribution in [1.29, 1.82) is 0 Å². The van der Waals surface area contributed by atoms with Gasteiger partial charge < -0.3 is 33.4 Å². The van der Waals surface area contributed by atoms with E-state index in [1.807, 2.05) is 0 Å². The first kappa shape index (κ1) is 18.5. The molecule has 10 heteroatoms. The molecule has 0 aliphatic rings. The van der Waals surface area contributed by atoms with Crippen LogP contribution in [0.3, 0.4) is 0 Å². The number of H-pyrrole nitrogens is 1. The molecule has 2 rings (SSSR count). The number of esters is 2. The molecule has 25 heavy (non-hydrogen) atoms. The number of rotatable bonds is 8. The number of aromatic nitrogens is 2. The minimum absolute atomic E-state index is 0.00937. The van der Waals surface area contributed by atoms with Gasteiger partial charge >= 0.3 is 11.9 Å². The van der Waals surface area contributed by atoms with Gasteiger partial charge in [0, 0.05) is 14.2 Å². The van der Waals surface area contributed by atoms with Crippen LogP contribution in [0.25, 0.3) is 11.0 Å². The summed E-state index contributed by atoms with van der Waals surface area (Å²) in [5.41, 5.74) is 0.235. The average Bonchev–Trinajstić information content (AvgIpc) is 3.12. The van der Waals surface area contributed by atoms with E-state index in [-0.39, 0.29) is 41.7 Å². The van der Waals surface area contributed by atoms with Gasteiger partial charge in [-0.3, -0.25) is 0 Å². The predicted octanol–water partition coefficient (Wildman–Crippen LogP) is 1.10. The van der Waals surface area contributed by atoms with Crippen LogP contribution in [0.4, 0.5) is 0 Å². The van der Waals surface area contributed by atoms with Gasteiger partial charge in [0.1, 0.15) is 22.2 Å². The van der Waals surface area contributed by atoms with E-state index in [1.165, 1.54) is 34.8 Å². The molecule has 1 heterocycles. The zero-order valence-electron chi connectivity index (χ0n) is 14.2. The van der Waals surface area contributed by atoms with Crippen molar-refractivity contribution in [1.82, 2.24) is 9.97 Å². The first-order valence-electron chi connectivity index (χ1n) is 7.03. The molecule has 0 bridgehead atoms. The molecule has 0 aliphatic heterocycles. The highest BCUT2D eigenvalue weighted by Crippen LogP contribution is 2.40. The number of carbonyl (C=O) groups excluding carboxylic acids is 2. The van der Waals surface area contributed by atoms with E-state index < -0.39 is 11.9 Å². The number of aromatic amines is 1. The Hall–Kier alpha value is -2.85. The van der Waals surface area contributed by atoms with Crippen molar-refractivity contribution in [2.75, 3.05) is 42.0 Å². The summed E-state index contributed by atoms with van der Waals surface area (Å²) in [5, 5.41) is 0. The standard InChI is InChI=1S/C15H18N2O8/c1-20-6-24-12-8(14(18)22-3)9(15(19)23-4)13(25-7-21-2)11-10(12)16-5-17-11/h5H,6-7H2,1-4H3,(H,16,17). The number of nitrogens with zero attached hydrogens (tertiary/aromatic N) is 1. The number of hydrogen-bond acceptors (Lipinski definition) is 9. The summed E-state index contributed by atoms with van der Waals surface area (Å²) in [6.07, 6.45) is 1.37. The molecule has 0 atom stereocenters. The van der Waals surface area contributed by atoms with Gasteiger partial charge in [-0.2, -0.15) is 0 Å². The zero-order chi connectivity index (χ0) is 18.4. The largest absolute Gasteiger partial charge is 0.465 e. The van der Waals surface area contributed by atoms with Gasteiger partial charge in [0.15, 0.2) is 25.1 Å². The topological polar surface area (TPSA) is 118 Å². The fourth-order valence-corrected chi connectivity index (χ4v) is 2.22. The Morgan fingerprint density at radius 2 is 1.44 bits per heavy atom. The van der Waals surface area contributed by atoms with Gasteiger partial charge in [0.05, 0.1) is 20.5 Å². The van der Waals surface area contributed by atoms with Gasteiger partial charge in [0.25, 0.3) is 0 Å². The van der Waals surface area contributed by atoms with Crippen molar-refractivity contribution in [3.05, 3.63) is 17.5 Å². The number of nitrogens with one attached hydrogen (secondary N) is 1. The highest BCUT2D eigenvalue weighted by Gasteiger charge is 2.33. The molecular formula is C15H18N2O8. The van der Waals surface area contributed by atoms with Crippen molar-refractivity contribution in [3.8, 4) is 11.5 Å². The quantitative estimate of drug-likeness (QED) is 0.549. The second-order valence-electron chi connectivity index (χ2n) is 4.62. The summed E-state index contributed by atoms with van der Waals surface area (Å²) in [4.78, 5) is 31.7. The summed E-state index contributed by atoms with van der Waals surface area (Å²) in [6, 6.07) is 0. The second kappa shape index (κ2) is 8.31. The highest BCUT2D eigenvalue weighted by atomic mass is 16.7. The molecule has 136 valence electrons. The van der Waals surface area contributed by atoms with E-state index in [0.717, 1.165) is 0 Å². The maximum absolute atomic E-state index is 12.4. The van der Waals surface area contributed by atoms with Crippen molar-refractivity contribution in [2.24, 2.45) is 0 Å². The second-order valence-corrected chi connectivity index (χ2v) is 4.62. The van der Waals surface area contributed by atoms with Crippen LogP contribution in [0.1, 0.15) is 20.7 Å². The van der Waals surface area contributed by atoms with Crippen LogP contribution in [0.15, 0.2) is 6.33 Å². The molecule has 0 fully saturated rings. The van der Waals surface area contributed by atoms with Crippen LogP contribution in [0.5, 0.6) is 11.5 Å². The molecule has 0 radical (unpaired) electrons. The number of methoxy groups -OCH3 is 4. The molecule has 1 aromatic carbocycles. The molecule has 0 saturated heterocycles. The molecule has 10 nitrogen and oxygen atoms in total. The minimum atomic E-state index is -0.821. The van der Waals surface area contributed by atoms with E-state index in [4.69, 9.17) is 28.4 Å². The molecular weight excluding hydrogens is 336 g/mol. The maximum Gasteiger partial charge on any atom is 0.342 e. The average molecular weight is 354 g/mol. The smallest absolute Gasteiger partial charge is 0.342 e. The van der Waals surface area contributed by atoms with Crippen LogP contribution < -0.4 is 9.47 Å². The molecule has 1 aromatic heterocycles. The first-order valence-corrected chi connectivity index (χ1v) is 7.03. The summed E-state index contributed by atoms with van der Waals surface area (Å²) in [7, 11) is 5.18. The lowest BCUT2D eigenvalue weighted by Gasteiger charge is -2.17. The normalized spacial score (nSPS) is 10.6. The first-order chi connectivity index (χ1) is 12.1. The SMILES string of the molecule is COCOc1c(C(=O)OC)c(C(=O)OC)c(OCOC)c2[nH]cnc12. The lowest BCUT2D eigenvalue weighted by molar-refractivity contribution is 0.0419. The fraction of sp³-hybridized carbons (Fsp3) is 0.400. The van der Waals surface area contributed by atoms with Crippen molar-refractivity contribution in [3.63, 3.8) is 0 Å². The minimum Gasteiger partial charge on any atom is -0.465 e. The third-order valence-corrected chi connectivity index (χ3v) is 3.21. The lowest BCUT2D eigenvalue weighted by atomic mass is 10.0. The van der Waals surface area contributed by atoms with Gasteiger partial charge in [0.2, 0.25) is 0 Å². The van der Waals surface area contributed by atoms with E-state index in [9.17, 15) is 9.59 Å². The van der Waals surface area contributed by atoms with E-state index in [1.54, 1.807) is 0 Å². The Bertz CT molecular complexity index is 708. The van der Waals surface area contributed by atoms with Gasteiger partial charge in [-0.05, 0) is 0 Å². The van der Waals surface area contributed by atoms with Gasteiger partial charge in [-0.1, -0.05) is 0 Å². The van der Waals surface area contributed by atoms with Crippen LogP contribution in [-0.2, 0) is 18.9 Å². The molecule has 0 unspecified atom stereocenters. The maximum atomic E-state index is 12.4. The molecule has 0 aliphatic carbocycles. The monoisotopic (exact) mass is 354 g/mol. The Balaban J connectivity index is 2.86. The van der Waals surface area contributed by atoms with Gasteiger partial charge in [-0.15, -0.1) is 0 Å². The zero-order valence-corrected chi connectivity index (χ0v) is 14.2. The number of fused-ring (bicyclic) bond motifs is 1. The molecule has 0 saturated carbocycles. The summed E-state index contributed by atoms with van der Waals surface area (Å²) >= 11 is 0. The number of hydrogen-bond donors (Lipinski definition) is 1. The molecule has 2 aromatic rings. The molecule has 0 amide bonds. The van der Waals surface area contributed by atoms with Crippen molar-refractivity contribution < 1.29 is 38.0 Å². The van der Waals surface area contributed by atoms with Crippen molar-refractivity contribution in [2.45, 2.75) is 0 Å². The number of benzene rings is 1. The van der Waals surface area contributed by atoms with E-state index in [2.05, 4.69) is 9.97 Å². The predicted molar refractivity (Wildman–Crippen MR) is 83.8 cm³/mol. The van der Waals surface area contributed by atoms with Crippen LogP contribution in [0.2, 0.25) is 0 Å². The van der Waals surface area contributed by atoms with Crippen molar-refractivity contribution >= 4 is 23.0 Å². The Labute approximate surface area is 142 Å². The number of ether oxygens (including phenoxy) is 6. The lowest BCUT2D eigenvalue weighted by Crippen LogP contribution is -2.17. The Kier molecular flexibility index (Phi) is 6.14. The summed E-state index contributed by atoms with van der Waals surface area (Å²) < 4.78 is 30.3. The van der Waals surface area contributed by atoms with Crippen LogP contribution in [0, 0.1) is 0 Å². The van der Waals surface area contributed by atoms with E-state index in [0.29, 0.717) is 5.52 Å². The number of carbonyl (C=O) groups is 2. The summed E-state index contributed by atoms with van der Waals surface area (Å²) in [6.45, 7) is -0.345. The van der Waals surface area contributed by atoms with Gasteiger partial charge in [-0.25, -0.2) is 14.6 Å². The third-order valence-electron chi connectivity index (χ3n) is 3.21. The third kappa shape index (κ3) is 3.49. The Morgan fingerprint density at radius 1 is 0.920 bits per heavy atom. The number of imidazole rings is 1. The summed E-state index contributed by atoms with van der Waals surface area (Å²) in [5.74, 6) is -1.59. The fourth-order valence-electron chi connectivity index (χ4n) is 2.22. The van der Waals surface area contributed by atoms with E-state index >= 15 is 0 Å². The van der Waals surface area contributed by atoms with Crippen LogP contribution in [-0.4, -0.2) is 63.9 Å². The highest BCUT2D eigenvalue weighted by molar-refractivity contribution is 6.13. The van der Waals surface area contributed by atoms with Crippen LogP contribution >= 0.6 is 0 Å².